The first-order valence-corrected chi connectivity index (χ1v) is 8.39. The second-order valence-corrected chi connectivity index (χ2v) is 5.89. The molecule has 2 aromatic heterocycles. The molecule has 128 valence electrons. The van der Waals surface area contributed by atoms with E-state index in [0.29, 0.717) is 31.0 Å². The van der Waals surface area contributed by atoms with Crippen LogP contribution in [0.1, 0.15) is 30.6 Å². The molecule has 0 aromatic carbocycles. The van der Waals surface area contributed by atoms with E-state index in [1.54, 1.807) is 0 Å². The smallest absolute Gasteiger partial charge is 0.262 e. The van der Waals surface area contributed by atoms with Crippen molar-refractivity contribution in [1.29, 1.82) is 0 Å². The zero-order valence-corrected chi connectivity index (χ0v) is 15.3. The Hall–Kier alpha value is -1.70. The van der Waals surface area contributed by atoms with Crippen LogP contribution in [0.4, 0.5) is 11.5 Å². The molecular weight excluding hydrogens is 375 g/mol. The fourth-order valence-electron chi connectivity index (χ4n) is 2.06. The number of carbonyl (C=O) groups is 1. The number of aromatic nitrogens is 4. The zero-order valence-electron chi connectivity index (χ0n) is 13.1. The van der Waals surface area contributed by atoms with Gasteiger partial charge in [-0.3, -0.25) is 4.79 Å². The fraction of sp³-hybridized carbons (Fsp3) is 0.357. The largest absolute Gasteiger partial charge is 0.368 e. The molecule has 2 heterocycles. The van der Waals surface area contributed by atoms with Crippen LogP contribution in [0.5, 0.6) is 0 Å². The summed E-state index contributed by atoms with van der Waals surface area (Å²) in [6, 6.07) is 2.95. The highest BCUT2D eigenvalue weighted by atomic mass is 35.5. The lowest BCUT2D eigenvalue weighted by Crippen LogP contribution is -2.33. The predicted octanol–water partition coefficient (Wildman–Crippen LogP) is 3.72. The van der Waals surface area contributed by atoms with Crippen molar-refractivity contribution in [2.75, 3.05) is 23.3 Å². The van der Waals surface area contributed by atoms with Crippen LogP contribution in [0.2, 0.25) is 15.5 Å². The molecule has 10 heteroatoms. The summed E-state index contributed by atoms with van der Waals surface area (Å²) in [6.07, 6.45) is 0.699. The Kier molecular flexibility index (Phi) is 6.53. The molecule has 1 amide bonds. The van der Waals surface area contributed by atoms with Crippen LogP contribution in [-0.4, -0.2) is 39.4 Å². The zero-order chi connectivity index (χ0) is 17.7. The van der Waals surface area contributed by atoms with Crippen molar-refractivity contribution in [1.82, 2.24) is 20.4 Å². The molecule has 2 rings (SSSR count). The summed E-state index contributed by atoms with van der Waals surface area (Å²) < 4.78 is 0. The first-order valence-electron chi connectivity index (χ1n) is 7.25. The van der Waals surface area contributed by atoms with Gasteiger partial charge >= 0.3 is 0 Å². The molecule has 0 unspecified atom stereocenters. The van der Waals surface area contributed by atoms with Gasteiger partial charge in [0.25, 0.3) is 5.91 Å². The molecule has 0 atom stereocenters. The van der Waals surface area contributed by atoms with Gasteiger partial charge in [-0.2, -0.15) is 0 Å². The molecule has 0 aliphatic heterocycles. The van der Waals surface area contributed by atoms with Gasteiger partial charge in [0.2, 0.25) is 0 Å². The van der Waals surface area contributed by atoms with Crippen LogP contribution in [-0.2, 0) is 0 Å². The van der Waals surface area contributed by atoms with Crippen molar-refractivity contribution < 1.29 is 4.79 Å². The minimum absolute atomic E-state index is 0.0827. The molecule has 0 saturated carbocycles. The van der Waals surface area contributed by atoms with Gasteiger partial charge in [0.05, 0.1) is 11.3 Å². The monoisotopic (exact) mass is 388 g/mol. The molecule has 2 aromatic rings. The third kappa shape index (κ3) is 4.23. The van der Waals surface area contributed by atoms with E-state index < -0.39 is 0 Å². The summed E-state index contributed by atoms with van der Waals surface area (Å²) in [5.41, 5.74) is 0.660. The highest BCUT2D eigenvalue weighted by molar-refractivity contribution is 6.34. The van der Waals surface area contributed by atoms with Crippen molar-refractivity contribution >= 4 is 52.2 Å². The average Bonchev–Trinajstić information content (AvgIpc) is 2.56. The van der Waals surface area contributed by atoms with Crippen molar-refractivity contribution in [3.05, 3.63) is 33.2 Å². The van der Waals surface area contributed by atoms with Gasteiger partial charge in [0.1, 0.15) is 0 Å². The van der Waals surface area contributed by atoms with E-state index >= 15 is 0 Å². The van der Waals surface area contributed by atoms with Crippen molar-refractivity contribution in [3.8, 4) is 0 Å². The Balaban J connectivity index is 2.50. The summed E-state index contributed by atoms with van der Waals surface area (Å²) in [7, 11) is 0. The van der Waals surface area contributed by atoms with E-state index in [2.05, 4.69) is 25.7 Å². The molecule has 0 radical (unpaired) electrons. The van der Waals surface area contributed by atoms with Crippen LogP contribution in [0.3, 0.4) is 0 Å². The van der Waals surface area contributed by atoms with Crippen LogP contribution in [0, 0.1) is 0 Å². The SMILES string of the molecule is CCCN(C(=O)c1cc(Cl)nnc1NCC)c1cc(Cl)nnc1Cl. The molecule has 0 bridgehead atoms. The predicted molar refractivity (Wildman–Crippen MR) is 95.2 cm³/mol. The van der Waals surface area contributed by atoms with Gasteiger partial charge < -0.3 is 10.2 Å². The lowest BCUT2D eigenvalue weighted by atomic mass is 10.2. The first kappa shape index (κ1) is 18.6. The average molecular weight is 390 g/mol. The van der Waals surface area contributed by atoms with Crippen LogP contribution in [0.15, 0.2) is 12.1 Å². The Morgan fingerprint density at radius 1 is 1.08 bits per heavy atom. The Morgan fingerprint density at radius 2 is 1.75 bits per heavy atom. The fourth-order valence-corrected chi connectivity index (χ4v) is 2.55. The highest BCUT2D eigenvalue weighted by Crippen LogP contribution is 2.28. The number of hydrogen-bond acceptors (Lipinski definition) is 6. The third-order valence-corrected chi connectivity index (χ3v) is 3.66. The maximum absolute atomic E-state index is 13.1. The summed E-state index contributed by atoms with van der Waals surface area (Å²) in [4.78, 5) is 14.5. The van der Waals surface area contributed by atoms with E-state index in [-0.39, 0.29) is 26.9 Å². The lowest BCUT2D eigenvalue weighted by Gasteiger charge is -2.23. The number of hydrogen-bond donors (Lipinski definition) is 1. The Bertz CT molecular complexity index is 742. The standard InChI is InChI=1S/C14H15Cl3N6O/c1-3-5-23(9-7-11(16)19-21-12(9)17)14(24)8-6-10(15)20-22-13(8)18-4-2/h6-7H,3-5H2,1-2H3,(H,18,22). The van der Waals surface area contributed by atoms with Gasteiger partial charge in [-0.25, -0.2) is 0 Å². The number of anilines is 2. The molecule has 1 N–H and O–H groups in total. The molecule has 0 saturated heterocycles. The van der Waals surface area contributed by atoms with Crippen molar-refractivity contribution in [3.63, 3.8) is 0 Å². The van der Waals surface area contributed by atoms with E-state index in [1.807, 2.05) is 13.8 Å². The van der Waals surface area contributed by atoms with E-state index in [9.17, 15) is 4.79 Å². The number of amides is 1. The van der Waals surface area contributed by atoms with Gasteiger partial charge in [0, 0.05) is 19.2 Å². The minimum Gasteiger partial charge on any atom is -0.368 e. The molecular formula is C14H15Cl3N6O. The highest BCUT2D eigenvalue weighted by Gasteiger charge is 2.24. The van der Waals surface area contributed by atoms with Gasteiger partial charge in [-0.1, -0.05) is 41.7 Å². The van der Waals surface area contributed by atoms with Crippen LogP contribution in [0.25, 0.3) is 0 Å². The van der Waals surface area contributed by atoms with E-state index in [0.717, 1.165) is 0 Å². The number of nitrogens with zero attached hydrogens (tertiary/aromatic N) is 5. The maximum atomic E-state index is 13.1. The van der Waals surface area contributed by atoms with E-state index in [4.69, 9.17) is 34.8 Å². The van der Waals surface area contributed by atoms with Gasteiger partial charge in [-0.05, 0) is 19.4 Å². The molecule has 7 nitrogen and oxygen atoms in total. The number of carbonyl (C=O) groups excluding carboxylic acids is 1. The van der Waals surface area contributed by atoms with Gasteiger partial charge in [0.15, 0.2) is 21.3 Å². The number of rotatable bonds is 6. The molecule has 0 spiro atoms. The number of nitrogens with one attached hydrogen (secondary N) is 1. The second kappa shape index (κ2) is 8.41. The summed E-state index contributed by atoms with van der Waals surface area (Å²) in [5, 5.41) is 18.5. The maximum Gasteiger partial charge on any atom is 0.262 e. The van der Waals surface area contributed by atoms with Crippen molar-refractivity contribution in [2.45, 2.75) is 20.3 Å². The molecule has 24 heavy (non-hydrogen) atoms. The minimum atomic E-state index is -0.337. The summed E-state index contributed by atoms with van der Waals surface area (Å²) >= 11 is 17.9. The lowest BCUT2D eigenvalue weighted by molar-refractivity contribution is 0.0987. The van der Waals surface area contributed by atoms with Crippen LogP contribution < -0.4 is 10.2 Å². The molecule has 0 aliphatic rings. The number of halogens is 3. The summed E-state index contributed by atoms with van der Waals surface area (Å²) in [5.74, 6) is 0.00723. The van der Waals surface area contributed by atoms with Crippen LogP contribution >= 0.6 is 34.8 Å². The topological polar surface area (TPSA) is 83.9 Å². The molecule has 0 aliphatic carbocycles. The Labute approximate surface area is 154 Å². The first-order chi connectivity index (χ1) is 11.5. The third-order valence-electron chi connectivity index (χ3n) is 3.02. The van der Waals surface area contributed by atoms with Crippen molar-refractivity contribution in [2.24, 2.45) is 0 Å². The van der Waals surface area contributed by atoms with Gasteiger partial charge in [-0.15, -0.1) is 20.4 Å². The molecule has 0 fully saturated rings. The second-order valence-electron chi connectivity index (χ2n) is 4.76. The Morgan fingerprint density at radius 3 is 2.42 bits per heavy atom. The van der Waals surface area contributed by atoms with E-state index in [1.165, 1.54) is 17.0 Å². The summed E-state index contributed by atoms with van der Waals surface area (Å²) in [6.45, 7) is 4.81. The quantitative estimate of drug-likeness (QED) is 0.810. The normalized spacial score (nSPS) is 10.5.